The Labute approximate surface area is 126 Å². The third-order valence-electron chi connectivity index (χ3n) is 3.89. The third-order valence-corrected chi connectivity index (χ3v) is 3.89. The molecular weight excluding hydrogens is 256 g/mol. The highest BCUT2D eigenvalue weighted by molar-refractivity contribution is 5.81. The molecule has 1 heterocycles. The largest absolute Gasteiger partial charge is 0.372 e. The van der Waals surface area contributed by atoms with Gasteiger partial charge in [0, 0.05) is 29.7 Å². The van der Waals surface area contributed by atoms with Crippen molar-refractivity contribution in [3.8, 4) is 11.3 Å². The van der Waals surface area contributed by atoms with Gasteiger partial charge in [0.05, 0.1) is 11.2 Å². The molecule has 0 atom stereocenters. The summed E-state index contributed by atoms with van der Waals surface area (Å²) in [5, 5.41) is 1.18. The van der Waals surface area contributed by atoms with Crippen LogP contribution in [0.15, 0.2) is 60.7 Å². The molecule has 21 heavy (non-hydrogen) atoms. The van der Waals surface area contributed by atoms with Gasteiger partial charge in [-0.05, 0) is 38.1 Å². The minimum absolute atomic E-state index is 1.03. The number of anilines is 1. The van der Waals surface area contributed by atoms with Crippen molar-refractivity contribution in [2.24, 2.45) is 0 Å². The molecular formula is C19H20N2. The molecule has 0 saturated heterocycles. The Morgan fingerprint density at radius 3 is 2.24 bits per heavy atom. The summed E-state index contributed by atoms with van der Waals surface area (Å²) in [6.45, 7) is 6.43. The second-order valence-electron chi connectivity index (χ2n) is 5.11. The molecule has 2 nitrogen and oxygen atoms in total. The maximum Gasteiger partial charge on any atom is 0.0709 e. The zero-order chi connectivity index (χ0) is 14.7. The van der Waals surface area contributed by atoms with E-state index in [9.17, 15) is 0 Å². The van der Waals surface area contributed by atoms with E-state index in [4.69, 9.17) is 4.98 Å². The van der Waals surface area contributed by atoms with E-state index in [0.29, 0.717) is 0 Å². The number of benzene rings is 2. The Hall–Kier alpha value is -2.35. The van der Waals surface area contributed by atoms with Crippen molar-refractivity contribution in [1.82, 2.24) is 4.98 Å². The summed E-state index contributed by atoms with van der Waals surface area (Å²) in [7, 11) is 0. The van der Waals surface area contributed by atoms with Crippen LogP contribution in [0.2, 0.25) is 0 Å². The molecule has 3 aromatic rings. The van der Waals surface area contributed by atoms with Crippen molar-refractivity contribution in [2.45, 2.75) is 13.8 Å². The number of nitrogens with zero attached hydrogens (tertiary/aromatic N) is 2. The average molecular weight is 276 g/mol. The fourth-order valence-corrected chi connectivity index (χ4v) is 2.66. The lowest BCUT2D eigenvalue weighted by atomic mass is 10.1. The standard InChI is InChI=1S/C19H20N2/c1-3-21(4-2)17-12-9-16(10-13-17)19-14-11-15-7-5-6-8-18(15)20-19/h5-14H,3-4H2,1-2H3. The van der Waals surface area contributed by atoms with Gasteiger partial charge in [-0.25, -0.2) is 4.98 Å². The first kappa shape index (κ1) is 13.6. The Balaban J connectivity index is 1.95. The summed E-state index contributed by atoms with van der Waals surface area (Å²) in [5.74, 6) is 0. The molecule has 0 aliphatic heterocycles. The van der Waals surface area contributed by atoms with Crippen LogP contribution in [0.1, 0.15) is 13.8 Å². The monoisotopic (exact) mass is 276 g/mol. The van der Waals surface area contributed by atoms with Crippen LogP contribution in [0, 0.1) is 0 Å². The minimum Gasteiger partial charge on any atom is -0.372 e. The van der Waals surface area contributed by atoms with Gasteiger partial charge in [-0.1, -0.05) is 36.4 Å². The number of aromatic nitrogens is 1. The molecule has 0 saturated carbocycles. The highest BCUT2D eigenvalue weighted by atomic mass is 15.1. The average Bonchev–Trinajstić information content (AvgIpc) is 2.56. The fraction of sp³-hybridized carbons (Fsp3) is 0.211. The lowest BCUT2D eigenvalue weighted by Crippen LogP contribution is -2.21. The van der Waals surface area contributed by atoms with E-state index in [1.165, 1.54) is 11.1 Å². The first-order valence-electron chi connectivity index (χ1n) is 7.53. The lowest BCUT2D eigenvalue weighted by molar-refractivity contribution is 0.866. The third kappa shape index (κ3) is 2.75. The first-order valence-corrected chi connectivity index (χ1v) is 7.53. The molecule has 1 aromatic heterocycles. The SMILES string of the molecule is CCN(CC)c1ccc(-c2ccc3ccccc3n2)cc1. The zero-order valence-corrected chi connectivity index (χ0v) is 12.6. The van der Waals surface area contributed by atoms with E-state index in [2.05, 4.69) is 67.3 Å². The Morgan fingerprint density at radius 1 is 0.810 bits per heavy atom. The van der Waals surface area contributed by atoms with Crippen LogP contribution in [0.25, 0.3) is 22.2 Å². The van der Waals surface area contributed by atoms with Gasteiger partial charge >= 0.3 is 0 Å². The van der Waals surface area contributed by atoms with Gasteiger partial charge in [0.1, 0.15) is 0 Å². The fourth-order valence-electron chi connectivity index (χ4n) is 2.66. The minimum atomic E-state index is 1.03. The summed E-state index contributed by atoms with van der Waals surface area (Å²) < 4.78 is 0. The molecule has 0 amide bonds. The second kappa shape index (κ2) is 5.96. The number of hydrogen-bond acceptors (Lipinski definition) is 2. The molecule has 0 bridgehead atoms. The van der Waals surface area contributed by atoms with Crippen molar-refractivity contribution in [3.05, 3.63) is 60.7 Å². The zero-order valence-electron chi connectivity index (χ0n) is 12.6. The first-order chi connectivity index (χ1) is 10.3. The van der Waals surface area contributed by atoms with Gasteiger partial charge in [-0.3, -0.25) is 0 Å². The molecule has 0 aliphatic rings. The molecule has 0 spiro atoms. The number of hydrogen-bond donors (Lipinski definition) is 0. The van der Waals surface area contributed by atoms with E-state index in [-0.39, 0.29) is 0 Å². The number of pyridine rings is 1. The molecule has 0 unspecified atom stereocenters. The van der Waals surface area contributed by atoms with Crippen LogP contribution in [0.5, 0.6) is 0 Å². The summed E-state index contributed by atoms with van der Waals surface area (Å²) >= 11 is 0. The van der Waals surface area contributed by atoms with Crippen molar-refractivity contribution >= 4 is 16.6 Å². The van der Waals surface area contributed by atoms with Crippen LogP contribution >= 0.6 is 0 Å². The van der Waals surface area contributed by atoms with Crippen LogP contribution in [-0.2, 0) is 0 Å². The maximum absolute atomic E-state index is 4.75. The summed E-state index contributed by atoms with van der Waals surface area (Å²) in [6.07, 6.45) is 0. The molecule has 2 aromatic carbocycles. The van der Waals surface area contributed by atoms with Crippen molar-refractivity contribution in [2.75, 3.05) is 18.0 Å². The van der Waals surface area contributed by atoms with Gasteiger partial charge in [-0.2, -0.15) is 0 Å². The van der Waals surface area contributed by atoms with E-state index >= 15 is 0 Å². The van der Waals surface area contributed by atoms with Gasteiger partial charge in [-0.15, -0.1) is 0 Å². The normalized spacial score (nSPS) is 10.8. The van der Waals surface area contributed by atoms with E-state index in [0.717, 1.165) is 29.9 Å². The van der Waals surface area contributed by atoms with Crippen molar-refractivity contribution in [1.29, 1.82) is 0 Å². The Morgan fingerprint density at radius 2 is 1.52 bits per heavy atom. The van der Waals surface area contributed by atoms with Crippen LogP contribution < -0.4 is 4.90 Å². The van der Waals surface area contributed by atoms with Crippen molar-refractivity contribution < 1.29 is 0 Å². The Kier molecular flexibility index (Phi) is 3.87. The van der Waals surface area contributed by atoms with Crippen LogP contribution in [0.3, 0.4) is 0 Å². The second-order valence-corrected chi connectivity index (χ2v) is 5.11. The topological polar surface area (TPSA) is 16.1 Å². The predicted octanol–water partition coefficient (Wildman–Crippen LogP) is 4.75. The molecule has 106 valence electrons. The maximum atomic E-state index is 4.75. The number of para-hydroxylation sites is 1. The van der Waals surface area contributed by atoms with Gasteiger partial charge in [0.2, 0.25) is 0 Å². The van der Waals surface area contributed by atoms with Gasteiger partial charge in [0.25, 0.3) is 0 Å². The summed E-state index contributed by atoms with van der Waals surface area (Å²) in [4.78, 5) is 7.09. The highest BCUT2D eigenvalue weighted by Gasteiger charge is 2.04. The number of fused-ring (bicyclic) bond motifs is 1. The lowest BCUT2D eigenvalue weighted by Gasteiger charge is -2.21. The van der Waals surface area contributed by atoms with Crippen LogP contribution in [-0.4, -0.2) is 18.1 Å². The van der Waals surface area contributed by atoms with E-state index < -0.39 is 0 Å². The summed E-state index contributed by atoms with van der Waals surface area (Å²) in [5.41, 5.74) is 4.50. The highest BCUT2D eigenvalue weighted by Crippen LogP contribution is 2.23. The number of rotatable bonds is 4. The smallest absolute Gasteiger partial charge is 0.0709 e. The molecule has 0 aliphatic carbocycles. The predicted molar refractivity (Wildman–Crippen MR) is 90.7 cm³/mol. The van der Waals surface area contributed by atoms with E-state index in [1.54, 1.807) is 0 Å². The van der Waals surface area contributed by atoms with Gasteiger partial charge in [0.15, 0.2) is 0 Å². The molecule has 2 heteroatoms. The van der Waals surface area contributed by atoms with Gasteiger partial charge < -0.3 is 4.90 Å². The molecule has 0 fully saturated rings. The van der Waals surface area contributed by atoms with Crippen LogP contribution in [0.4, 0.5) is 5.69 Å². The quantitative estimate of drug-likeness (QED) is 0.683. The molecule has 3 rings (SSSR count). The molecule has 0 N–H and O–H groups in total. The summed E-state index contributed by atoms with van der Waals surface area (Å²) in [6, 6.07) is 21.1. The Bertz CT molecular complexity index is 728. The molecule has 0 radical (unpaired) electrons. The van der Waals surface area contributed by atoms with Crippen molar-refractivity contribution in [3.63, 3.8) is 0 Å². The van der Waals surface area contributed by atoms with E-state index in [1.807, 2.05) is 12.1 Å².